The molecule has 5 heteroatoms. The van der Waals surface area contributed by atoms with Gasteiger partial charge in [-0.3, -0.25) is 4.79 Å². The van der Waals surface area contributed by atoms with Gasteiger partial charge >= 0.3 is 0 Å². The monoisotopic (exact) mass is 367 g/mol. The Bertz CT molecular complexity index is 788. The molecule has 2 fully saturated rings. The number of amides is 1. The van der Waals surface area contributed by atoms with Crippen LogP contribution in [0.1, 0.15) is 45.8 Å². The van der Waals surface area contributed by atoms with Crippen LogP contribution in [0.3, 0.4) is 0 Å². The van der Waals surface area contributed by atoms with Crippen LogP contribution in [0.15, 0.2) is 48.5 Å². The van der Waals surface area contributed by atoms with Gasteiger partial charge in [0, 0.05) is 18.7 Å². The zero-order valence-electron chi connectivity index (χ0n) is 15.3. The lowest BCUT2D eigenvalue weighted by molar-refractivity contribution is -0.184. The Labute approximate surface area is 159 Å². The summed E-state index contributed by atoms with van der Waals surface area (Å²) in [7, 11) is 0. The molecule has 0 spiro atoms. The number of aliphatic hydroxyl groups excluding tert-OH is 1. The van der Waals surface area contributed by atoms with E-state index in [4.69, 9.17) is 9.84 Å². The molecule has 2 aliphatic rings. The van der Waals surface area contributed by atoms with Crippen LogP contribution < -0.4 is 0 Å². The number of nitrogens with zero attached hydrogens (tertiary/aromatic N) is 1. The summed E-state index contributed by atoms with van der Waals surface area (Å²) in [6.45, 7) is 2.17. The number of carbonyl (C=O) groups is 1. The van der Waals surface area contributed by atoms with E-state index in [0.717, 1.165) is 37.1 Å². The van der Waals surface area contributed by atoms with Gasteiger partial charge in [0.2, 0.25) is 0 Å². The fourth-order valence-electron chi connectivity index (χ4n) is 3.88. The first kappa shape index (κ1) is 18.2. The molecular formula is C22H25NO4. The summed E-state index contributed by atoms with van der Waals surface area (Å²) in [5.41, 5.74) is 2.77. The predicted octanol–water partition coefficient (Wildman–Crippen LogP) is 2.42. The van der Waals surface area contributed by atoms with E-state index >= 15 is 0 Å². The molecule has 2 aliphatic heterocycles. The molecule has 0 atom stereocenters. The van der Waals surface area contributed by atoms with Gasteiger partial charge in [-0.05, 0) is 47.6 Å². The van der Waals surface area contributed by atoms with Gasteiger partial charge in [-0.25, -0.2) is 0 Å². The van der Waals surface area contributed by atoms with E-state index in [9.17, 15) is 9.90 Å². The van der Waals surface area contributed by atoms with Crippen LogP contribution in [0.2, 0.25) is 0 Å². The molecule has 0 unspecified atom stereocenters. The van der Waals surface area contributed by atoms with Gasteiger partial charge in [0.15, 0.2) is 0 Å². The SMILES string of the molecule is O=C(c1ccc(C2(O)COC2)cc1)N1CCC(c2ccc(CO)cc2)CC1. The van der Waals surface area contributed by atoms with Crippen molar-refractivity contribution in [3.05, 3.63) is 70.8 Å². The highest BCUT2D eigenvalue weighted by atomic mass is 16.5. The maximum Gasteiger partial charge on any atom is 0.253 e. The van der Waals surface area contributed by atoms with E-state index in [1.165, 1.54) is 5.56 Å². The van der Waals surface area contributed by atoms with Gasteiger partial charge in [-0.2, -0.15) is 0 Å². The number of rotatable bonds is 4. The Morgan fingerprint density at radius 2 is 1.67 bits per heavy atom. The quantitative estimate of drug-likeness (QED) is 0.871. The highest BCUT2D eigenvalue weighted by Gasteiger charge is 2.38. The molecule has 0 radical (unpaired) electrons. The number of ether oxygens (including phenoxy) is 1. The molecular weight excluding hydrogens is 342 g/mol. The van der Waals surface area contributed by atoms with Gasteiger partial charge in [-0.15, -0.1) is 0 Å². The maximum absolute atomic E-state index is 12.8. The van der Waals surface area contributed by atoms with E-state index in [1.54, 1.807) is 12.1 Å². The smallest absolute Gasteiger partial charge is 0.253 e. The maximum atomic E-state index is 12.8. The van der Waals surface area contributed by atoms with E-state index in [0.29, 0.717) is 24.7 Å². The molecule has 5 nitrogen and oxygen atoms in total. The number of likely N-dealkylation sites (tertiary alicyclic amines) is 1. The molecule has 27 heavy (non-hydrogen) atoms. The van der Waals surface area contributed by atoms with Crippen molar-refractivity contribution >= 4 is 5.91 Å². The predicted molar refractivity (Wildman–Crippen MR) is 101 cm³/mol. The van der Waals surface area contributed by atoms with Gasteiger partial charge in [0.1, 0.15) is 5.60 Å². The van der Waals surface area contributed by atoms with Crippen LogP contribution in [0.25, 0.3) is 0 Å². The number of hydrogen-bond acceptors (Lipinski definition) is 4. The molecule has 0 aromatic heterocycles. The largest absolute Gasteiger partial charge is 0.392 e. The van der Waals surface area contributed by atoms with Crippen LogP contribution in [-0.2, 0) is 16.9 Å². The number of benzene rings is 2. The summed E-state index contributed by atoms with van der Waals surface area (Å²) in [6.07, 6.45) is 1.89. The van der Waals surface area contributed by atoms with Crippen LogP contribution in [-0.4, -0.2) is 47.3 Å². The average molecular weight is 367 g/mol. The second kappa shape index (κ2) is 7.43. The summed E-state index contributed by atoms with van der Waals surface area (Å²) in [5.74, 6) is 0.504. The molecule has 142 valence electrons. The van der Waals surface area contributed by atoms with Crippen LogP contribution in [0.5, 0.6) is 0 Å². The Kier molecular flexibility index (Phi) is 5.00. The molecule has 2 saturated heterocycles. The molecule has 0 aliphatic carbocycles. The van der Waals surface area contributed by atoms with Crippen molar-refractivity contribution < 1.29 is 19.7 Å². The minimum Gasteiger partial charge on any atom is -0.392 e. The average Bonchev–Trinajstić information content (AvgIpc) is 2.72. The summed E-state index contributed by atoms with van der Waals surface area (Å²) in [4.78, 5) is 14.7. The summed E-state index contributed by atoms with van der Waals surface area (Å²) < 4.78 is 5.09. The molecule has 2 N–H and O–H groups in total. The molecule has 2 heterocycles. The first-order valence-electron chi connectivity index (χ1n) is 9.49. The minimum atomic E-state index is -0.897. The zero-order chi connectivity index (χ0) is 18.9. The van der Waals surface area contributed by atoms with Crippen LogP contribution >= 0.6 is 0 Å². The van der Waals surface area contributed by atoms with E-state index in [1.807, 2.05) is 29.2 Å². The third-order valence-electron chi connectivity index (χ3n) is 5.77. The van der Waals surface area contributed by atoms with Crippen molar-refractivity contribution in [2.24, 2.45) is 0 Å². The third-order valence-corrected chi connectivity index (χ3v) is 5.77. The van der Waals surface area contributed by atoms with Gasteiger partial charge in [-0.1, -0.05) is 36.4 Å². The molecule has 1 amide bonds. The second-order valence-electron chi connectivity index (χ2n) is 7.57. The molecule has 2 aromatic rings. The van der Waals surface area contributed by atoms with E-state index < -0.39 is 5.60 Å². The Morgan fingerprint density at radius 3 is 2.19 bits per heavy atom. The lowest BCUT2D eigenvalue weighted by atomic mass is 9.88. The number of hydrogen-bond donors (Lipinski definition) is 2. The van der Waals surface area contributed by atoms with Gasteiger partial charge in [0.05, 0.1) is 19.8 Å². The summed E-state index contributed by atoms with van der Waals surface area (Å²) in [5, 5.41) is 19.5. The minimum absolute atomic E-state index is 0.0486. The second-order valence-corrected chi connectivity index (χ2v) is 7.57. The van der Waals surface area contributed by atoms with Gasteiger partial charge < -0.3 is 19.8 Å². The summed E-state index contributed by atoms with van der Waals surface area (Å²) >= 11 is 0. The highest BCUT2D eigenvalue weighted by molar-refractivity contribution is 5.94. The van der Waals surface area contributed by atoms with Crippen molar-refractivity contribution in [3.63, 3.8) is 0 Å². The molecule has 0 saturated carbocycles. The number of aliphatic hydroxyl groups is 2. The Balaban J connectivity index is 1.36. The van der Waals surface area contributed by atoms with Crippen molar-refractivity contribution in [3.8, 4) is 0 Å². The lowest BCUT2D eigenvalue weighted by Gasteiger charge is -2.37. The van der Waals surface area contributed by atoms with Crippen LogP contribution in [0, 0.1) is 0 Å². The highest BCUT2D eigenvalue weighted by Crippen LogP contribution is 2.31. The topological polar surface area (TPSA) is 70.0 Å². The fraction of sp³-hybridized carbons (Fsp3) is 0.409. The Morgan fingerprint density at radius 1 is 1.04 bits per heavy atom. The first-order chi connectivity index (χ1) is 13.1. The van der Waals surface area contributed by atoms with E-state index in [-0.39, 0.29) is 12.5 Å². The molecule has 0 bridgehead atoms. The van der Waals surface area contributed by atoms with Crippen molar-refractivity contribution in [1.82, 2.24) is 4.90 Å². The van der Waals surface area contributed by atoms with Gasteiger partial charge in [0.25, 0.3) is 5.91 Å². The van der Waals surface area contributed by atoms with Crippen molar-refractivity contribution in [1.29, 1.82) is 0 Å². The molecule has 4 rings (SSSR count). The fourth-order valence-corrected chi connectivity index (χ4v) is 3.88. The van der Waals surface area contributed by atoms with Crippen LogP contribution in [0.4, 0.5) is 0 Å². The zero-order valence-corrected chi connectivity index (χ0v) is 15.3. The van der Waals surface area contributed by atoms with Crippen molar-refractivity contribution in [2.45, 2.75) is 31.0 Å². The lowest BCUT2D eigenvalue weighted by Crippen LogP contribution is -2.46. The Hall–Kier alpha value is -2.21. The third kappa shape index (κ3) is 3.63. The molecule has 2 aromatic carbocycles. The number of piperidine rings is 1. The first-order valence-corrected chi connectivity index (χ1v) is 9.49. The summed E-state index contributed by atoms with van der Waals surface area (Å²) in [6, 6.07) is 15.4. The van der Waals surface area contributed by atoms with E-state index in [2.05, 4.69) is 12.1 Å². The van der Waals surface area contributed by atoms with Crippen molar-refractivity contribution in [2.75, 3.05) is 26.3 Å². The number of carbonyl (C=O) groups excluding carboxylic acids is 1. The normalized spacial score (nSPS) is 19.6. The standard InChI is InChI=1S/C22H25NO4/c24-13-16-1-3-17(4-2-16)18-9-11-23(12-10-18)21(25)19-5-7-20(8-6-19)22(26)14-27-15-22/h1-8,18,24,26H,9-15H2.